The molecule has 0 aromatic carbocycles. The summed E-state index contributed by atoms with van der Waals surface area (Å²) < 4.78 is 0. The molecule has 1 aromatic heterocycles. The summed E-state index contributed by atoms with van der Waals surface area (Å²) in [5.41, 5.74) is 0. The van der Waals surface area contributed by atoms with Crippen LogP contribution in [0.1, 0.15) is 31.7 Å². The lowest BCUT2D eigenvalue weighted by molar-refractivity contribution is -0.121. The third-order valence-corrected chi connectivity index (χ3v) is 3.40. The number of hydrogen-bond donors (Lipinski definition) is 2. The number of rotatable bonds is 9. The van der Waals surface area contributed by atoms with Gasteiger partial charge in [0.25, 0.3) is 0 Å². The van der Waals surface area contributed by atoms with Crippen LogP contribution in [0.2, 0.25) is 0 Å². The van der Waals surface area contributed by atoms with E-state index in [0.29, 0.717) is 13.1 Å². The van der Waals surface area contributed by atoms with Gasteiger partial charge in [0.05, 0.1) is 13.1 Å². The van der Waals surface area contributed by atoms with Gasteiger partial charge in [-0.2, -0.15) is 0 Å². The highest BCUT2D eigenvalue weighted by molar-refractivity contribution is 7.15. The summed E-state index contributed by atoms with van der Waals surface area (Å²) >= 11 is 1.55. The van der Waals surface area contributed by atoms with E-state index in [1.807, 2.05) is 0 Å². The fourth-order valence-electron chi connectivity index (χ4n) is 1.62. The molecule has 0 atom stereocenters. The van der Waals surface area contributed by atoms with Crippen LogP contribution in [0.5, 0.6) is 0 Å². The van der Waals surface area contributed by atoms with Gasteiger partial charge in [0.2, 0.25) is 11.0 Å². The minimum Gasteiger partial charge on any atom is -0.360 e. The molecule has 6 nitrogen and oxygen atoms in total. The quantitative estimate of drug-likeness (QED) is 0.716. The van der Waals surface area contributed by atoms with Crippen LogP contribution in [0.3, 0.4) is 0 Å². The number of aromatic nitrogens is 2. The first-order chi connectivity index (χ1) is 9.19. The summed E-state index contributed by atoms with van der Waals surface area (Å²) in [4.78, 5) is 13.5. The maximum absolute atomic E-state index is 11.4. The summed E-state index contributed by atoms with van der Waals surface area (Å²) in [7, 11) is 1.66. The highest BCUT2D eigenvalue weighted by Gasteiger charge is 2.12. The Balaban J connectivity index is 2.52. The first kappa shape index (κ1) is 15.8. The first-order valence-corrected chi connectivity index (χ1v) is 7.50. The summed E-state index contributed by atoms with van der Waals surface area (Å²) in [5, 5.41) is 15.9. The zero-order valence-electron chi connectivity index (χ0n) is 11.9. The Hall–Kier alpha value is -1.21. The second-order valence-electron chi connectivity index (χ2n) is 4.31. The van der Waals surface area contributed by atoms with E-state index in [-0.39, 0.29) is 5.91 Å². The molecule has 0 unspecified atom stereocenters. The second-order valence-corrected chi connectivity index (χ2v) is 5.37. The molecular formula is C12H23N5OS. The molecule has 0 aliphatic heterocycles. The van der Waals surface area contributed by atoms with Crippen LogP contribution in [0.4, 0.5) is 5.13 Å². The first-order valence-electron chi connectivity index (χ1n) is 6.68. The number of carbonyl (C=O) groups is 1. The van der Waals surface area contributed by atoms with Crippen molar-refractivity contribution < 1.29 is 4.79 Å². The van der Waals surface area contributed by atoms with Crippen molar-refractivity contribution in [3.63, 3.8) is 0 Å². The monoisotopic (exact) mass is 285 g/mol. The minimum absolute atomic E-state index is 0.0299. The number of nitrogens with one attached hydrogen (secondary N) is 2. The minimum atomic E-state index is 0.0299. The lowest BCUT2D eigenvalue weighted by Crippen LogP contribution is -2.35. The van der Waals surface area contributed by atoms with Crippen molar-refractivity contribution >= 4 is 22.4 Å². The number of carbonyl (C=O) groups excluding carboxylic acids is 1. The van der Waals surface area contributed by atoms with E-state index in [9.17, 15) is 4.79 Å². The summed E-state index contributed by atoms with van der Waals surface area (Å²) in [5.74, 6) is 0.0299. The second kappa shape index (κ2) is 8.82. The molecule has 19 heavy (non-hydrogen) atoms. The van der Waals surface area contributed by atoms with E-state index < -0.39 is 0 Å². The molecule has 0 spiro atoms. The van der Waals surface area contributed by atoms with E-state index >= 15 is 0 Å². The normalized spacial score (nSPS) is 10.7. The predicted octanol–water partition coefficient (Wildman–Crippen LogP) is 1.32. The third kappa shape index (κ3) is 5.98. The lowest BCUT2D eigenvalue weighted by atomic mass is 10.4. The molecule has 1 rings (SSSR count). The molecule has 0 saturated carbocycles. The van der Waals surface area contributed by atoms with Crippen molar-refractivity contribution in [3.05, 3.63) is 5.01 Å². The average molecular weight is 285 g/mol. The van der Waals surface area contributed by atoms with Gasteiger partial charge in [-0.15, -0.1) is 10.2 Å². The Morgan fingerprint density at radius 2 is 2.11 bits per heavy atom. The third-order valence-electron chi connectivity index (χ3n) is 2.54. The molecule has 0 radical (unpaired) electrons. The van der Waals surface area contributed by atoms with Gasteiger partial charge in [0.1, 0.15) is 5.01 Å². The van der Waals surface area contributed by atoms with Crippen LogP contribution in [-0.4, -0.2) is 47.7 Å². The predicted molar refractivity (Wildman–Crippen MR) is 78.3 cm³/mol. The molecule has 1 heterocycles. The van der Waals surface area contributed by atoms with Crippen LogP contribution in [-0.2, 0) is 11.3 Å². The topological polar surface area (TPSA) is 70.2 Å². The average Bonchev–Trinajstić information content (AvgIpc) is 2.84. The van der Waals surface area contributed by atoms with Gasteiger partial charge in [0, 0.05) is 13.6 Å². The van der Waals surface area contributed by atoms with Gasteiger partial charge in [-0.1, -0.05) is 25.2 Å². The van der Waals surface area contributed by atoms with E-state index in [2.05, 4.69) is 39.6 Å². The van der Waals surface area contributed by atoms with Gasteiger partial charge >= 0.3 is 0 Å². The molecule has 0 aliphatic carbocycles. The molecule has 7 heteroatoms. The molecule has 1 aromatic rings. The largest absolute Gasteiger partial charge is 0.360 e. The Bertz CT molecular complexity index is 382. The maximum atomic E-state index is 11.4. The van der Waals surface area contributed by atoms with Crippen LogP contribution >= 0.6 is 11.3 Å². The number of nitrogens with zero attached hydrogens (tertiary/aromatic N) is 3. The highest BCUT2D eigenvalue weighted by Crippen LogP contribution is 2.16. The van der Waals surface area contributed by atoms with Crippen LogP contribution < -0.4 is 10.6 Å². The molecular weight excluding hydrogens is 262 g/mol. The van der Waals surface area contributed by atoms with E-state index in [1.54, 1.807) is 18.4 Å². The lowest BCUT2D eigenvalue weighted by Gasteiger charge is -2.18. The zero-order valence-corrected chi connectivity index (χ0v) is 12.7. The van der Waals surface area contributed by atoms with Crippen molar-refractivity contribution in [2.45, 2.75) is 33.2 Å². The Morgan fingerprint density at radius 3 is 2.74 bits per heavy atom. The SMILES string of the molecule is CCCNc1nnc(CN(CCC)CC(=O)NC)s1. The van der Waals surface area contributed by atoms with Crippen LogP contribution in [0.25, 0.3) is 0 Å². The van der Waals surface area contributed by atoms with E-state index in [1.165, 1.54) is 0 Å². The fourth-order valence-corrected chi connectivity index (χ4v) is 2.43. The van der Waals surface area contributed by atoms with E-state index in [4.69, 9.17) is 0 Å². The number of hydrogen-bond acceptors (Lipinski definition) is 6. The molecule has 108 valence electrons. The van der Waals surface area contributed by atoms with Gasteiger partial charge in [0.15, 0.2) is 0 Å². The Morgan fingerprint density at radius 1 is 1.32 bits per heavy atom. The summed E-state index contributed by atoms with van der Waals surface area (Å²) in [6.07, 6.45) is 2.07. The fraction of sp³-hybridized carbons (Fsp3) is 0.750. The Kier molecular flexibility index (Phi) is 7.35. The summed E-state index contributed by atoms with van der Waals surface area (Å²) in [6, 6.07) is 0. The van der Waals surface area contributed by atoms with Crippen LogP contribution in [0.15, 0.2) is 0 Å². The molecule has 0 aliphatic rings. The van der Waals surface area contributed by atoms with Crippen molar-refractivity contribution in [3.8, 4) is 0 Å². The number of likely N-dealkylation sites (N-methyl/N-ethyl adjacent to an activating group) is 1. The molecule has 0 bridgehead atoms. The molecule has 0 saturated heterocycles. The van der Waals surface area contributed by atoms with Crippen molar-refractivity contribution in [1.82, 2.24) is 20.4 Å². The summed E-state index contributed by atoms with van der Waals surface area (Å²) in [6.45, 7) is 7.08. The molecule has 0 fully saturated rings. The number of anilines is 1. The van der Waals surface area contributed by atoms with Gasteiger partial charge < -0.3 is 10.6 Å². The Labute approximate surface area is 118 Å². The van der Waals surface area contributed by atoms with Gasteiger partial charge in [-0.05, 0) is 19.4 Å². The molecule has 1 amide bonds. The van der Waals surface area contributed by atoms with Gasteiger partial charge in [-0.25, -0.2) is 0 Å². The highest BCUT2D eigenvalue weighted by atomic mass is 32.1. The van der Waals surface area contributed by atoms with Crippen molar-refractivity contribution in [2.75, 3.05) is 32.0 Å². The standard InChI is InChI=1S/C12H23N5OS/c1-4-6-14-12-16-15-11(19-12)9-17(7-5-2)8-10(18)13-3/h4-9H2,1-3H3,(H,13,18)(H,14,16). The number of amides is 1. The molecule has 2 N–H and O–H groups in total. The van der Waals surface area contributed by atoms with Crippen LogP contribution in [0, 0.1) is 0 Å². The zero-order chi connectivity index (χ0) is 14.1. The van der Waals surface area contributed by atoms with Crippen molar-refractivity contribution in [2.24, 2.45) is 0 Å². The van der Waals surface area contributed by atoms with Gasteiger partial charge in [-0.3, -0.25) is 9.69 Å². The van der Waals surface area contributed by atoms with Crippen molar-refractivity contribution in [1.29, 1.82) is 0 Å². The smallest absolute Gasteiger partial charge is 0.233 e. The van der Waals surface area contributed by atoms with E-state index in [0.717, 1.165) is 36.1 Å². The maximum Gasteiger partial charge on any atom is 0.233 e.